The quantitative estimate of drug-likeness (QED) is 0.616. The van der Waals surface area contributed by atoms with E-state index >= 15 is 0 Å². The summed E-state index contributed by atoms with van der Waals surface area (Å²) in [6, 6.07) is 4.02. The number of rotatable bonds is 5. The monoisotopic (exact) mass is 421 g/mol. The van der Waals surface area contributed by atoms with Crippen LogP contribution >= 0.6 is 11.3 Å². The number of pyridine rings is 1. The van der Waals surface area contributed by atoms with Crippen molar-refractivity contribution in [2.24, 2.45) is 5.92 Å². The molecule has 0 atom stereocenters. The fourth-order valence-corrected chi connectivity index (χ4v) is 5.71. The molecule has 0 saturated carbocycles. The molecule has 156 valence electrons. The van der Waals surface area contributed by atoms with Gasteiger partial charge in [0.25, 0.3) is 0 Å². The Hall–Kier alpha value is -2.54. The lowest BCUT2D eigenvalue weighted by Gasteiger charge is -2.32. The molecule has 7 heteroatoms. The van der Waals surface area contributed by atoms with Crippen LogP contribution in [0.4, 0.5) is 5.82 Å². The van der Waals surface area contributed by atoms with Crippen LogP contribution in [0.3, 0.4) is 0 Å². The zero-order valence-corrected chi connectivity index (χ0v) is 18.0. The largest absolute Gasteiger partial charge is 0.356 e. The molecule has 1 saturated heterocycles. The van der Waals surface area contributed by atoms with E-state index in [0.717, 1.165) is 65.1 Å². The highest BCUT2D eigenvalue weighted by atomic mass is 32.1. The molecule has 3 aromatic rings. The third-order valence-electron chi connectivity index (χ3n) is 6.31. The zero-order chi connectivity index (χ0) is 20.3. The molecule has 0 bridgehead atoms. The molecule has 4 heterocycles. The van der Waals surface area contributed by atoms with Crippen LogP contribution in [0.15, 0.2) is 36.3 Å². The lowest BCUT2D eigenvalue weighted by atomic mass is 9.95. The number of amides is 1. The van der Waals surface area contributed by atoms with Crippen LogP contribution in [-0.2, 0) is 4.79 Å². The number of thiophene rings is 1. The number of aromatic nitrogens is 3. The highest BCUT2D eigenvalue weighted by Gasteiger charge is 2.27. The molecule has 1 fully saturated rings. The van der Waals surface area contributed by atoms with E-state index in [4.69, 9.17) is 0 Å². The van der Waals surface area contributed by atoms with Gasteiger partial charge >= 0.3 is 0 Å². The maximum atomic E-state index is 12.6. The van der Waals surface area contributed by atoms with Gasteiger partial charge in [-0.3, -0.25) is 4.79 Å². The summed E-state index contributed by atoms with van der Waals surface area (Å²) in [6.45, 7) is 2.46. The maximum Gasteiger partial charge on any atom is 0.223 e. The van der Waals surface area contributed by atoms with Crippen LogP contribution < -0.4 is 10.2 Å². The normalized spacial score (nSPS) is 18.0. The number of hydrogen-bond donors (Lipinski definition) is 1. The van der Waals surface area contributed by atoms with Gasteiger partial charge in [-0.05, 0) is 57.1 Å². The Morgan fingerprint density at radius 1 is 1.20 bits per heavy atom. The van der Waals surface area contributed by atoms with Crippen molar-refractivity contribution in [1.29, 1.82) is 0 Å². The molecular formula is C23H27N5OS. The van der Waals surface area contributed by atoms with Gasteiger partial charge in [0.05, 0.1) is 10.2 Å². The smallest absolute Gasteiger partial charge is 0.223 e. The summed E-state index contributed by atoms with van der Waals surface area (Å²) in [4.78, 5) is 29.5. The van der Waals surface area contributed by atoms with Crippen LogP contribution in [0.2, 0.25) is 0 Å². The molecule has 2 aliphatic rings. The number of hydrogen-bond acceptors (Lipinski definition) is 6. The minimum atomic E-state index is 0.1000. The van der Waals surface area contributed by atoms with E-state index in [1.165, 1.54) is 31.3 Å². The molecule has 0 radical (unpaired) electrons. The number of allylic oxidation sites excluding steroid dienone is 1. The Morgan fingerprint density at radius 2 is 2.10 bits per heavy atom. The van der Waals surface area contributed by atoms with E-state index in [-0.39, 0.29) is 11.8 Å². The summed E-state index contributed by atoms with van der Waals surface area (Å²) in [5.74, 6) is 1.29. The Bertz CT molecular complexity index is 1080. The van der Waals surface area contributed by atoms with Crippen molar-refractivity contribution in [2.45, 2.75) is 44.9 Å². The molecule has 1 aliphatic carbocycles. The van der Waals surface area contributed by atoms with Crippen LogP contribution in [-0.4, -0.2) is 40.5 Å². The highest BCUT2D eigenvalue weighted by molar-refractivity contribution is 7.25. The van der Waals surface area contributed by atoms with Gasteiger partial charge in [0.1, 0.15) is 17.0 Å². The van der Waals surface area contributed by atoms with E-state index in [2.05, 4.69) is 37.3 Å². The number of nitrogens with one attached hydrogen (secondary N) is 1. The first-order valence-corrected chi connectivity index (χ1v) is 11.8. The summed E-state index contributed by atoms with van der Waals surface area (Å²) in [5, 5.41) is 4.26. The Labute approximate surface area is 180 Å². The molecule has 0 aromatic carbocycles. The van der Waals surface area contributed by atoms with Gasteiger partial charge in [-0.25, -0.2) is 15.0 Å². The minimum Gasteiger partial charge on any atom is -0.356 e. The Balaban J connectivity index is 1.21. The summed E-state index contributed by atoms with van der Waals surface area (Å²) < 4.78 is 1.09. The van der Waals surface area contributed by atoms with Crippen molar-refractivity contribution in [1.82, 2.24) is 20.3 Å². The molecule has 5 rings (SSSR count). The van der Waals surface area contributed by atoms with Gasteiger partial charge in [-0.1, -0.05) is 11.6 Å². The molecule has 0 spiro atoms. The molecule has 1 N–H and O–H groups in total. The van der Waals surface area contributed by atoms with Crippen molar-refractivity contribution in [3.63, 3.8) is 0 Å². The average Bonchev–Trinajstić information content (AvgIpc) is 3.19. The molecule has 1 aliphatic heterocycles. The van der Waals surface area contributed by atoms with E-state index in [9.17, 15) is 4.79 Å². The number of nitrogens with zero attached hydrogens (tertiary/aromatic N) is 4. The first kappa shape index (κ1) is 19.4. The number of fused-ring (bicyclic) bond motifs is 3. The Kier molecular flexibility index (Phi) is 5.62. The zero-order valence-electron chi connectivity index (χ0n) is 17.1. The third kappa shape index (κ3) is 3.90. The van der Waals surface area contributed by atoms with E-state index in [1.54, 1.807) is 17.7 Å². The summed E-state index contributed by atoms with van der Waals surface area (Å²) >= 11 is 1.65. The van der Waals surface area contributed by atoms with Crippen LogP contribution in [0, 0.1) is 5.92 Å². The topological polar surface area (TPSA) is 71.0 Å². The van der Waals surface area contributed by atoms with Crippen LogP contribution in [0.5, 0.6) is 0 Å². The first-order chi connectivity index (χ1) is 14.8. The summed E-state index contributed by atoms with van der Waals surface area (Å²) in [5.41, 5.74) is 2.49. The van der Waals surface area contributed by atoms with Crippen LogP contribution in [0.1, 0.15) is 44.9 Å². The minimum absolute atomic E-state index is 0.1000. The second-order valence-corrected chi connectivity index (χ2v) is 9.24. The predicted molar refractivity (Wildman–Crippen MR) is 122 cm³/mol. The van der Waals surface area contributed by atoms with Crippen molar-refractivity contribution >= 4 is 43.5 Å². The maximum absolute atomic E-state index is 12.6. The molecule has 0 unspecified atom stereocenters. The average molecular weight is 422 g/mol. The number of carbonyl (C=O) groups excluding carboxylic acids is 1. The van der Waals surface area contributed by atoms with Crippen molar-refractivity contribution in [3.05, 3.63) is 36.3 Å². The second-order valence-electron chi connectivity index (χ2n) is 8.24. The fourth-order valence-electron chi connectivity index (χ4n) is 4.60. The van der Waals surface area contributed by atoms with Gasteiger partial charge in [0, 0.05) is 37.1 Å². The van der Waals surface area contributed by atoms with E-state index < -0.39 is 0 Å². The van der Waals surface area contributed by atoms with Gasteiger partial charge in [-0.15, -0.1) is 11.3 Å². The van der Waals surface area contributed by atoms with E-state index in [0.29, 0.717) is 0 Å². The van der Waals surface area contributed by atoms with Gasteiger partial charge in [0.15, 0.2) is 0 Å². The first-order valence-electron chi connectivity index (χ1n) is 11.0. The predicted octanol–water partition coefficient (Wildman–Crippen LogP) is 4.46. The van der Waals surface area contributed by atoms with Crippen molar-refractivity contribution in [2.75, 3.05) is 24.5 Å². The Morgan fingerprint density at radius 3 is 2.93 bits per heavy atom. The van der Waals surface area contributed by atoms with Crippen molar-refractivity contribution < 1.29 is 4.79 Å². The van der Waals surface area contributed by atoms with Gasteiger partial charge in [0.2, 0.25) is 5.91 Å². The number of anilines is 1. The summed E-state index contributed by atoms with van der Waals surface area (Å²) in [6.07, 6.45) is 13.6. The molecule has 1 amide bonds. The third-order valence-corrected chi connectivity index (χ3v) is 7.40. The van der Waals surface area contributed by atoms with Crippen LogP contribution in [0.25, 0.3) is 20.4 Å². The molecule has 30 heavy (non-hydrogen) atoms. The lowest BCUT2D eigenvalue weighted by Crippen LogP contribution is -2.41. The van der Waals surface area contributed by atoms with Crippen molar-refractivity contribution in [3.8, 4) is 0 Å². The molecule has 6 nitrogen and oxygen atoms in total. The second kappa shape index (κ2) is 8.68. The molecule has 3 aromatic heterocycles. The SMILES string of the molecule is O=C(NCCC1=CCCCC1)C1CCN(c2ncnc3c2sc2ncccc23)CC1. The number of piperidine rings is 1. The lowest BCUT2D eigenvalue weighted by molar-refractivity contribution is -0.125. The van der Waals surface area contributed by atoms with E-state index in [1.807, 2.05) is 12.3 Å². The standard InChI is InChI=1S/C23H27N5OS/c29-22(24-12-8-16-5-2-1-3-6-16)17-9-13-28(14-10-17)21-20-19(26-15-27-21)18-7-4-11-25-23(18)30-20/h4-5,7,11,15,17H,1-3,6,8-10,12-14H2,(H,24,29). The number of carbonyl (C=O) groups is 1. The summed E-state index contributed by atoms with van der Waals surface area (Å²) in [7, 11) is 0. The highest BCUT2D eigenvalue weighted by Crippen LogP contribution is 2.37. The fraction of sp³-hybridized carbons (Fsp3) is 0.478. The van der Waals surface area contributed by atoms with Gasteiger partial charge < -0.3 is 10.2 Å². The molecular weight excluding hydrogens is 394 g/mol. The van der Waals surface area contributed by atoms with Gasteiger partial charge in [-0.2, -0.15) is 0 Å².